The number of hydrogen-bond acceptors (Lipinski definition) is 4. The fourth-order valence-corrected chi connectivity index (χ4v) is 3.89. The first-order valence-electron chi connectivity index (χ1n) is 5.47. The van der Waals surface area contributed by atoms with E-state index in [0.29, 0.717) is 16.4 Å². The summed E-state index contributed by atoms with van der Waals surface area (Å²) in [5, 5.41) is 10.4. The number of aromatic nitrogens is 2. The van der Waals surface area contributed by atoms with E-state index in [0.717, 1.165) is 5.39 Å². The Labute approximate surface area is 109 Å². The third-order valence-corrected chi connectivity index (χ3v) is 5.17. The highest BCUT2D eigenvalue weighted by Crippen LogP contribution is 2.30. The van der Waals surface area contributed by atoms with E-state index in [9.17, 15) is 13.5 Å². The molecule has 18 heavy (non-hydrogen) atoms. The molecule has 96 valence electrons. The highest BCUT2D eigenvalue weighted by atomic mass is 35.5. The molecule has 3 heterocycles. The third-order valence-electron chi connectivity index (χ3n) is 3.20. The summed E-state index contributed by atoms with van der Waals surface area (Å²) in [5.74, 6) is 0.277. The number of sulfone groups is 1. The summed E-state index contributed by atoms with van der Waals surface area (Å²) in [7, 11) is -2.88. The van der Waals surface area contributed by atoms with Gasteiger partial charge in [0.2, 0.25) is 0 Å². The van der Waals surface area contributed by atoms with E-state index in [4.69, 9.17) is 11.6 Å². The molecular formula is C11H11ClN2O3S. The molecule has 3 rings (SSSR count). The van der Waals surface area contributed by atoms with Gasteiger partial charge in [-0.15, -0.1) is 0 Å². The van der Waals surface area contributed by atoms with Crippen LogP contribution in [0.4, 0.5) is 0 Å². The Kier molecular flexibility index (Phi) is 2.62. The maximum absolute atomic E-state index is 11.2. The van der Waals surface area contributed by atoms with Gasteiger partial charge in [0.05, 0.1) is 24.2 Å². The molecule has 0 spiro atoms. The lowest BCUT2D eigenvalue weighted by Gasteiger charge is -2.27. The van der Waals surface area contributed by atoms with Crippen LogP contribution in [0.15, 0.2) is 18.3 Å². The van der Waals surface area contributed by atoms with Crippen molar-refractivity contribution < 1.29 is 13.5 Å². The Morgan fingerprint density at radius 2 is 2.22 bits per heavy atom. The summed E-state index contributed by atoms with van der Waals surface area (Å²) in [6, 6.07) is 3.37. The largest absolute Gasteiger partial charge is 0.392 e. The lowest BCUT2D eigenvalue weighted by Crippen LogP contribution is -2.37. The molecule has 1 N–H and O–H groups in total. The van der Waals surface area contributed by atoms with Gasteiger partial charge < -0.3 is 9.67 Å². The normalized spacial score (nSPS) is 19.0. The molecule has 2 aromatic heterocycles. The molecule has 1 aliphatic rings. The average molecular weight is 287 g/mol. The SMILES string of the molecule is O=S1(=O)CC(n2ccc3c(CO)cc(Cl)nc32)C1. The summed E-state index contributed by atoms with van der Waals surface area (Å²) >= 11 is 5.90. The van der Waals surface area contributed by atoms with Crippen LogP contribution in [0.5, 0.6) is 0 Å². The van der Waals surface area contributed by atoms with E-state index >= 15 is 0 Å². The molecular weight excluding hydrogens is 276 g/mol. The van der Waals surface area contributed by atoms with Gasteiger partial charge in [0, 0.05) is 11.6 Å². The average Bonchev–Trinajstić information content (AvgIpc) is 2.67. The quantitative estimate of drug-likeness (QED) is 0.841. The van der Waals surface area contributed by atoms with Gasteiger partial charge in [-0.3, -0.25) is 0 Å². The number of fused-ring (bicyclic) bond motifs is 1. The Morgan fingerprint density at radius 1 is 1.50 bits per heavy atom. The Bertz CT molecular complexity index is 711. The second-order valence-corrected chi connectivity index (χ2v) is 6.99. The first-order chi connectivity index (χ1) is 8.50. The highest BCUT2D eigenvalue weighted by Gasteiger charge is 2.35. The molecule has 0 bridgehead atoms. The monoisotopic (exact) mass is 286 g/mol. The van der Waals surface area contributed by atoms with E-state index in [1.807, 2.05) is 10.6 Å². The minimum absolute atomic E-state index is 0.0787. The third kappa shape index (κ3) is 1.81. The predicted octanol–water partition coefficient (Wildman–Crippen LogP) is 1.15. The van der Waals surface area contributed by atoms with Gasteiger partial charge in [-0.1, -0.05) is 11.6 Å². The van der Waals surface area contributed by atoms with Crippen molar-refractivity contribution in [2.45, 2.75) is 12.6 Å². The zero-order chi connectivity index (χ0) is 12.9. The van der Waals surface area contributed by atoms with Crippen LogP contribution in [0.1, 0.15) is 11.6 Å². The minimum Gasteiger partial charge on any atom is -0.392 e. The van der Waals surface area contributed by atoms with Crippen molar-refractivity contribution in [2.24, 2.45) is 0 Å². The number of aliphatic hydroxyl groups excluding tert-OH is 1. The van der Waals surface area contributed by atoms with Crippen molar-refractivity contribution in [3.63, 3.8) is 0 Å². The van der Waals surface area contributed by atoms with Gasteiger partial charge in [0.1, 0.15) is 10.8 Å². The van der Waals surface area contributed by atoms with Gasteiger partial charge in [0.15, 0.2) is 9.84 Å². The van der Waals surface area contributed by atoms with E-state index < -0.39 is 9.84 Å². The summed E-state index contributed by atoms with van der Waals surface area (Å²) < 4.78 is 24.3. The molecule has 1 fully saturated rings. The molecule has 5 nitrogen and oxygen atoms in total. The molecule has 0 aliphatic carbocycles. The molecule has 0 amide bonds. The zero-order valence-electron chi connectivity index (χ0n) is 9.38. The number of rotatable bonds is 2. The van der Waals surface area contributed by atoms with Crippen molar-refractivity contribution in [1.82, 2.24) is 9.55 Å². The van der Waals surface area contributed by atoms with Crippen LogP contribution < -0.4 is 0 Å². The molecule has 1 saturated heterocycles. The van der Waals surface area contributed by atoms with Crippen LogP contribution in [0, 0.1) is 0 Å². The Morgan fingerprint density at radius 3 is 2.83 bits per heavy atom. The second kappa shape index (κ2) is 3.94. The van der Waals surface area contributed by atoms with E-state index in [-0.39, 0.29) is 24.2 Å². The zero-order valence-corrected chi connectivity index (χ0v) is 10.9. The van der Waals surface area contributed by atoms with Gasteiger partial charge in [-0.05, 0) is 17.7 Å². The summed E-state index contributed by atoms with van der Waals surface area (Å²) in [4.78, 5) is 4.22. The molecule has 1 aliphatic heterocycles. The van der Waals surface area contributed by atoms with Gasteiger partial charge in [-0.25, -0.2) is 13.4 Å². The number of nitrogens with zero attached hydrogens (tertiary/aromatic N) is 2. The van der Waals surface area contributed by atoms with Crippen LogP contribution in [-0.4, -0.2) is 34.6 Å². The van der Waals surface area contributed by atoms with Crippen molar-refractivity contribution >= 4 is 32.5 Å². The van der Waals surface area contributed by atoms with Gasteiger partial charge in [0.25, 0.3) is 0 Å². The van der Waals surface area contributed by atoms with Crippen molar-refractivity contribution in [3.05, 3.63) is 29.0 Å². The first-order valence-corrected chi connectivity index (χ1v) is 7.67. The summed E-state index contributed by atoms with van der Waals surface area (Å²) in [6.45, 7) is -0.119. The molecule has 0 radical (unpaired) electrons. The van der Waals surface area contributed by atoms with Crippen molar-refractivity contribution in [1.29, 1.82) is 0 Å². The Hall–Kier alpha value is -1.11. The standard InChI is InChI=1S/C11H11ClN2O3S/c12-10-3-7(4-15)9-1-2-14(11(9)13-10)8-5-18(16,17)6-8/h1-3,8,15H,4-6H2. The van der Waals surface area contributed by atoms with Crippen LogP contribution in [-0.2, 0) is 16.4 Å². The smallest absolute Gasteiger partial charge is 0.154 e. The predicted molar refractivity (Wildman–Crippen MR) is 68.4 cm³/mol. The van der Waals surface area contributed by atoms with E-state index in [1.54, 1.807) is 12.3 Å². The fraction of sp³-hybridized carbons (Fsp3) is 0.364. The van der Waals surface area contributed by atoms with Crippen LogP contribution in [0.25, 0.3) is 11.0 Å². The van der Waals surface area contributed by atoms with Gasteiger partial charge >= 0.3 is 0 Å². The molecule has 0 aromatic carbocycles. The van der Waals surface area contributed by atoms with Crippen molar-refractivity contribution in [2.75, 3.05) is 11.5 Å². The minimum atomic E-state index is -2.88. The number of hydrogen-bond donors (Lipinski definition) is 1. The molecule has 0 saturated carbocycles. The maximum atomic E-state index is 11.2. The summed E-state index contributed by atoms with van der Waals surface area (Å²) in [6.07, 6.45) is 1.80. The lowest BCUT2D eigenvalue weighted by molar-refractivity contribution is 0.283. The van der Waals surface area contributed by atoms with Gasteiger partial charge in [-0.2, -0.15) is 0 Å². The van der Waals surface area contributed by atoms with Crippen LogP contribution in [0.2, 0.25) is 5.15 Å². The molecule has 0 unspecified atom stereocenters. The maximum Gasteiger partial charge on any atom is 0.154 e. The molecule has 2 aromatic rings. The van der Waals surface area contributed by atoms with Crippen molar-refractivity contribution in [3.8, 4) is 0 Å². The fourth-order valence-electron chi connectivity index (χ4n) is 2.29. The van der Waals surface area contributed by atoms with Crippen LogP contribution in [0.3, 0.4) is 0 Å². The Balaban J connectivity index is 2.12. The number of pyridine rings is 1. The van der Waals surface area contributed by atoms with E-state index in [1.165, 1.54) is 0 Å². The van der Waals surface area contributed by atoms with Crippen LogP contribution >= 0.6 is 11.6 Å². The van der Waals surface area contributed by atoms with E-state index in [2.05, 4.69) is 4.98 Å². The molecule has 7 heteroatoms. The lowest BCUT2D eigenvalue weighted by atomic mass is 10.2. The number of aliphatic hydroxyl groups is 1. The topological polar surface area (TPSA) is 72.2 Å². The summed E-state index contributed by atoms with van der Waals surface area (Å²) in [5.41, 5.74) is 1.33. The second-order valence-electron chi connectivity index (χ2n) is 4.45. The number of halogens is 1. The first kappa shape index (κ1) is 12.0. The molecule has 0 atom stereocenters. The highest BCUT2D eigenvalue weighted by molar-refractivity contribution is 7.92.